The first-order valence-electron chi connectivity index (χ1n) is 7.88. The van der Waals surface area contributed by atoms with E-state index in [0.29, 0.717) is 16.8 Å². The largest absolute Gasteiger partial charge is 0.350 e. The lowest BCUT2D eigenvalue weighted by molar-refractivity contribution is -0.112. The number of nitrogens with zero attached hydrogens (tertiary/aromatic N) is 2. The van der Waals surface area contributed by atoms with Crippen LogP contribution in [0.25, 0.3) is 21.8 Å². The summed E-state index contributed by atoms with van der Waals surface area (Å²) in [6, 6.07) is 16.7. The Labute approximate surface area is 143 Å². The maximum absolute atomic E-state index is 12.7. The Hall–Kier alpha value is -3.47. The molecule has 0 aliphatic carbocycles. The molecule has 0 bridgehead atoms. The minimum atomic E-state index is -0.672. The van der Waals surface area contributed by atoms with Gasteiger partial charge in [0.2, 0.25) is 0 Å². The number of hydrogen-bond donors (Lipinski definition) is 1. The van der Waals surface area contributed by atoms with Crippen molar-refractivity contribution in [1.82, 2.24) is 9.55 Å². The van der Waals surface area contributed by atoms with Crippen molar-refractivity contribution in [3.05, 3.63) is 72.6 Å². The molecule has 2 aromatic carbocycles. The fourth-order valence-corrected chi connectivity index (χ4v) is 3.03. The standard InChI is InChI=1S/C20H15N3O2/c1-23-12-15(14-8-2-3-10-17(14)23)19(24)20(25)22-16-9-4-6-13-7-5-11-21-18(13)16/h2-12H,1H3,(H,22,25). The summed E-state index contributed by atoms with van der Waals surface area (Å²) < 4.78 is 1.84. The van der Waals surface area contributed by atoms with Crippen LogP contribution in [0.4, 0.5) is 5.69 Å². The summed E-state index contributed by atoms with van der Waals surface area (Å²) in [5, 5.41) is 4.36. The van der Waals surface area contributed by atoms with E-state index in [-0.39, 0.29) is 0 Å². The van der Waals surface area contributed by atoms with Gasteiger partial charge in [-0.05, 0) is 18.2 Å². The Morgan fingerprint density at radius 1 is 1.00 bits per heavy atom. The maximum Gasteiger partial charge on any atom is 0.296 e. The van der Waals surface area contributed by atoms with E-state index in [0.717, 1.165) is 16.3 Å². The van der Waals surface area contributed by atoms with Gasteiger partial charge in [-0.15, -0.1) is 0 Å². The number of anilines is 1. The fraction of sp³-hybridized carbons (Fsp3) is 0.0500. The van der Waals surface area contributed by atoms with E-state index in [4.69, 9.17) is 0 Å². The number of hydrogen-bond acceptors (Lipinski definition) is 3. The quantitative estimate of drug-likeness (QED) is 0.462. The van der Waals surface area contributed by atoms with Gasteiger partial charge in [0.25, 0.3) is 11.7 Å². The van der Waals surface area contributed by atoms with Crippen molar-refractivity contribution in [2.75, 3.05) is 5.32 Å². The molecule has 25 heavy (non-hydrogen) atoms. The van der Waals surface area contributed by atoms with E-state index in [9.17, 15) is 9.59 Å². The molecular formula is C20H15N3O2. The smallest absolute Gasteiger partial charge is 0.296 e. The second-order valence-electron chi connectivity index (χ2n) is 5.83. The van der Waals surface area contributed by atoms with Crippen LogP contribution in [-0.4, -0.2) is 21.2 Å². The zero-order valence-electron chi connectivity index (χ0n) is 13.6. The van der Waals surface area contributed by atoms with Gasteiger partial charge in [0.15, 0.2) is 0 Å². The topological polar surface area (TPSA) is 64.0 Å². The summed E-state index contributed by atoms with van der Waals surface area (Å²) in [6.07, 6.45) is 3.35. The summed E-state index contributed by atoms with van der Waals surface area (Å²) in [7, 11) is 1.85. The Kier molecular flexibility index (Phi) is 3.54. The van der Waals surface area contributed by atoms with E-state index in [1.54, 1.807) is 18.5 Å². The predicted molar refractivity (Wildman–Crippen MR) is 97.6 cm³/mol. The van der Waals surface area contributed by atoms with Crippen LogP contribution in [0.5, 0.6) is 0 Å². The molecule has 2 heterocycles. The molecule has 5 nitrogen and oxygen atoms in total. The van der Waals surface area contributed by atoms with Crippen molar-refractivity contribution in [2.45, 2.75) is 0 Å². The lowest BCUT2D eigenvalue weighted by Crippen LogP contribution is -2.23. The van der Waals surface area contributed by atoms with Gasteiger partial charge < -0.3 is 9.88 Å². The molecule has 0 fully saturated rings. The highest BCUT2D eigenvalue weighted by Gasteiger charge is 2.21. The highest BCUT2D eigenvalue weighted by Crippen LogP contribution is 2.23. The van der Waals surface area contributed by atoms with Crippen LogP contribution in [-0.2, 0) is 11.8 Å². The van der Waals surface area contributed by atoms with Crippen molar-refractivity contribution in [3.8, 4) is 0 Å². The number of amides is 1. The van der Waals surface area contributed by atoms with Crippen molar-refractivity contribution >= 4 is 39.2 Å². The number of carbonyl (C=O) groups excluding carboxylic acids is 2. The lowest BCUT2D eigenvalue weighted by atomic mass is 10.1. The molecule has 0 spiro atoms. The van der Waals surface area contributed by atoms with E-state index in [2.05, 4.69) is 10.3 Å². The third-order valence-corrected chi connectivity index (χ3v) is 4.23. The zero-order valence-corrected chi connectivity index (χ0v) is 13.6. The highest BCUT2D eigenvalue weighted by atomic mass is 16.2. The summed E-state index contributed by atoms with van der Waals surface area (Å²) in [6.45, 7) is 0. The number of Topliss-reactive ketones (excluding diaryl/α,β-unsaturated/α-hetero) is 1. The van der Waals surface area contributed by atoms with Crippen LogP contribution in [0.1, 0.15) is 10.4 Å². The van der Waals surface area contributed by atoms with E-state index in [1.807, 2.05) is 60.1 Å². The van der Waals surface area contributed by atoms with Crippen LogP contribution in [0.15, 0.2) is 67.0 Å². The van der Waals surface area contributed by atoms with Crippen LogP contribution < -0.4 is 5.32 Å². The Morgan fingerprint density at radius 3 is 2.68 bits per heavy atom. The Balaban J connectivity index is 1.69. The molecule has 0 radical (unpaired) electrons. The number of nitrogens with one attached hydrogen (secondary N) is 1. The van der Waals surface area contributed by atoms with Crippen molar-refractivity contribution in [2.24, 2.45) is 7.05 Å². The maximum atomic E-state index is 12.7. The summed E-state index contributed by atoms with van der Waals surface area (Å²) in [4.78, 5) is 29.5. The molecule has 1 N–H and O–H groups in total. The van der Waals surface area contributed by atoms with Crippen molar-refractivity contribution < 1.29 is 9.59 Å². The molecule has 0 aliphatic rings. The van der Waals surface area contributed by atoms with Crippen LogP contribution in [0.3, 0.4) is 0 Å². The Bertz CT molecular complexity index is 1120. The van der Waals surface area contributed by atoms with E-state index < -0.39 is 11.7 Å². The number of para-hydroxylation sites is 2. The molecule has 4 aromatic rings. The number of rotatable bonds is 3. The summed E-state index contributed by atoms with van der Waals surface area (Å²) in [5.74, 6) is -1.24. The minimum Gasteiger partial charge on any atom is -0.350 e. The number of benzene rings is 2. The third-order valence-electron chi connectivity index (χ3n) is 4.23. The highest BCUT2D eigenvalue weighted by molar-refractivity contribution is 6.48. The number of carbonyl (C=O) groups is 2. The number of aromatic nitrogens is 2. The first-order valence-corrected chi connectivity index (χ1v) is 7.88. The van der Waals surface area contributed by atoms with Crippen molar-refractivity contribution in [1.29, 1.82) is 0 Å². The van der Waals surface area contributed by atoms with Crippen molar-refractivity contribution in [3.63, 3.8) is 0 Å². The van der Waals surface area contributed by atoms with Crippen LogP contribution >= 0.6 is 0 Å². The van der Waals surface area contributed by atoms with Gasteiger partial charge in [-0.25, -0.2) is 0 Å². The predicted octanol–water partition coefficient (Wildman–Crippen LogP) is 3.55. The first-order chi connectivity index (χ1) is 12.1. The van der Waals surface area contributed by atoms with E-state index >= 15 is 0 Å². The zero-order chi connectivity index (χ0) is 17.4. The fourth-order valence-electron chi connectivity index (χ4n) is 3.03. The molecule has 5 heteroatoms. The summed E-state index contributed by atoms with van der Waals surface area (Å²) >= 11 is 0. The van der Waals surface area contributed by atoms with Gasteiger partial charge in [0.05, 0.1) is 16.8 Å². The Morgan fingerprint density at radius 2 is 1.80 bits per heavy atom. The molecule has 122 valence electrons. The monoisotopic (exact) mass is 329 g/mol. The number of fused-ring (bicyclic) bond motifs is 2. The number of aryl methyl sites for hydroxylation is 1. The molecule has 0 atom stereocenters. The second kappa shape index (κ2) is 5.87. The SMILES string of the molecule is Cn1cc(C(=O)C(=O)Nc2cccc3cccnc23)c2ccccc21. The van der Waals surface area contributed by atoms with E-state index in [1.165, 1.54) is 0 Å². The summed E-state index contributed by atoms with van der Waals surface area (Å²) in [5.41, 5.74) is 2.48. The number of pyridine rings is 1. The molecule has 1 amide bonds. The van der Waals surface area contributed by atoms with Gasteiger partial charge in [0, 0.05) is 35.7 Å². The third kappa shape index (κ3) is 2.55. The number of ketones is 1. The molecule has 0 unspecified atom stereocenters. The van der Waals surface area contributed by atoms with Gasteiger partial charge in [0.1, 0.15) is 0 Å². The van der Waals surface area contributed by atoms with Gasteiger partial charge in [-0.1, -0.05) is 36.4 Å². The second-order valence-corrected chi connectivity index (χ2v) is 5.83. The average molecular weight is 329 g/mol. The normalized spacial score (nSPS) is 10.9. The van der Waals surface area contributed by atoms with Gasteiger partial charge in [-0.3, -0.25) is 14.6 Å². The molecular weight excluding hydrogens is 314 g/mol. The lowest BCUT2D eigenvalue weighted by Gasteiger charge is -2.07. The van der Waals surface area contributed by atoms with Crippen LogP contribution in [0.2, 0.25) is 0 Å². The molecule has 2 aromatic heterocycles. The molecule has 0 saturated carbocycles. The first kappa shape index (κ1) is 15.1. The van der Waals surface area contributed by atoms with Gasteiger partial charge in [-0.2, -0.15) is 0 Å². The molecule has 0 saturated heterocycles. The molecule has 4 rings (SSSR count). The minimum absolute atomic E-state index is 0.392. The van der Waals surface area contributed by atoms with Crippen LogP contribution in [0, 0.1) is 0 Å². The molecule has 0 aliphatic heterocycles. The van der Waals surface area contributed by atoms with Gasteiger partial charge >= 0.3 is 0 Å². The average Bonchev–Trinajstić information content (AvgIpc) is 2.98.